The van der Waals surface area contributed by atoms with Crippen molar-refractivity contribution in [2.45, 2.75) is 25.4 Å². The van der Waals surface area contributed by atoms with E-state index in [1.807, 2.05) is 55.0 Å². The molecule has 1 amide bonds. The number of para-hydroxylation sites is 1. The fourth-order valence-electron chi connectivity index (χ4n) is 2.27. The fraction of sp³-hybridized carbons (Fsp3) is 0.412. The van der Waals surface area contributed by atoms with Gasteiger partial charge in [-0.3, -0.25) is 9.36 Å². The average Bonchev–Trinajstić information content (AvgIpc) is 2.97. The third-order valence-electron chi connectivity index (χ3n) is 3.68. The summed E-state index contributed by atoms with van der Waals surface area (Å²) in [6.07, 6.45) is 4.18. The Morgan fingerprint density at radius 1 is 1.35 bits per heavy atom. The number of imidazole rings is 1. The lowest BCUT2D eigenvalue weighted by Crippen LogP contribution is -2.35. The molecule has 0 bridgehead atoms. The van der Waals surface area contributed by atoms with Crippen LogP contribution in [0.2, 0.25) is 0 Å². The number of hydrogen-bond donors (Lipinski definition) is 2. The molecule has 1 heterocycles. The van der Waals surface area contributed by atoms with Crippen LogP contribution in [0.15, 0.2) is 41.7 Å². The lowest BCUT2D eigenvalue weighted by molar-refractivity contribution is 0.0921. The average molecular weight is 333 g/mol. The zero-order valence-electron chi connectivity index (χ0n) is 13.7. The van der Waals surface area contributed by atoms with Crippen LogP contribution in [-0.4, -0.2) is 40.0 Å². The van der Waals surface area contributed by atoms with Gasteiger partial charge in [0.2, 0.25) is 0 Å². The van der Waals surface area contributed by atoms with Crippen molar-refractivity contribution in [1.82, 2.24) is 14.9 Å². The molecule has 0 aliphatic heterocycles. The summed E-state index contributed by atoms with van der Waals surface area (Å²) in [6, 6.07) is 9.72. The smallest absolute Gasteiger partial charge is 0.269 e. The minimum atomic E-state index is -0.160. The molecule has 0 aliphatic rings. The van der Waals surface area contributed by atoms with Gasteiger partial charge in [0.05, 0.1) is 6.20 Å². The SMILES string of the molecule is CSc1ncc(C(=O)NCC(C)(C)CCO)n1-c1ccccc1. The van der Waals surface area contributed by atoms with Gasteiger partial charge >= 0.3 is 0 Å². The first-order valence-corrected chi connectivity index (χ1v) is 8.77. The van der Waals surface area contributed by atoms with Crippen molar-refractivity contribution in [3.8, 4) is 5.69 Å². The summed E-state index contributed by atoms with van der Waals surface area (Å²) in [4.78, 5) is 16.9. The number of nitrogens with one attached hydrogen (secondary N) is 1. The quantitative estimate of drug-likeness (QED) is 0.765. The largest absolute Gasteiger partial charge is 0.396 e. The van der Waals surface area contributed by atoms with E-state index in [9.17, 15) is 4.79 Å². The van der Waals surface area contributed by atoms with Gasteiger partial charge in [0, 0.05) is 18.8 Å². The van der Waals surface area contributed by atoms with Gasteiger partial charge in [-0.2, -0.15) is 0 Å². The summed E-state index contributed by atoms with van der Waals surface area (Å²) in [7, 11) is 0. The molecule has 1 aromatic carbocycles. The fourth-order valence-corrected chi connectivity index (χ4v) is 2.81. The van der Waals surface area contributed by atoms with Crippen LogP contribution in [0.4, 0.5) is 0 Å². The molecule has 0 saturated carbocycles. The van der Waals surface area contributed by atoms with Crippen molar-refractivity contribution in [2.24, 2.45) is 5.41 Å². The Hall–Kier alpha value is -1.79. The molecule has 0 atom stereocenters. The highest BCUT2D eigenvalue weighted by molar-refractivity contribution is 7.98. The highest BCUT2D eigenvalue weighted by Crippen LogP contribution is 2.22. The molecule has 0 radical (unpaired) electrons. The van der Waals surface area contributed by atoms with Crippen molar-refractivity contribution in [2.75, 3.05) is 19.4 Å². The number of aliphatic hydroxyl groups is 1. The first-order chi connectivity index (χ1) is 11.0. The predicted octanol–water partition coefficient (Wildman–Crippen LogP) is 2.73. The van der Waals surface area contributed by atoms with E-state index >= 15 is 0 Å². The lowest BCUT2D eigenvalue weighted by atomic mass is 9.90. The van der Waals surface area contributed by atoms with Crippen LogP contribution < -0.4 is 5.32 Å². The Morgan fingerprint density at radius 2 is 2.04 bits per heavy atom. The first kappa shape index (κ1) is 17.6. The predicted molar refractivity (Wildman–Crippen MR) is 93.2 cm³/mol. The lowest BCUT2D eigenvalue weighted by Gasteiger charge is -2.24. The Bertz CT molecular complexity index is 653. The molecule has 2 N–H and O–H groups in total. The standard InChI is InChI=1S/C17H23N3O2S/c1-17(2,9-10-21)12-19-15(22)14-11-18-16(23-3)20(14)13-7-5-4-6-8-13/h4-8,11,21H,9-10,12H2,1-3H3,(H,19,22). The molecule has 0 spiro atoms. The van der Waals surface area contributed by atoms with E-state index < -0.39 is 0 Å². The Balaban J connectivity index is 2.23. The number of hydrogen-bond acceptors (Lipinski definition) is 4. The minimum Gasteiger partial charge on any atom is -0.396 e. The van der Waals surface area contributed by atoms with Crippen LogP contribution in [0.25, 0.3) is 5.69 Å². The molecule has 1 aromatic heterocycles. The number of amides is 1. The molecule has 5 nitrogen and oxygen atoms in total. The molecule has 2 rings (SSSR count). The second-order valence-electron chi connectivity index (χ2n) is 6.12. The Morgan fingerprint density at radius 3 is 2.65 bits per heavy atom. The van der Waals surface area contributed by atoms with Crippen molar-refractivity contribution >= 4 is 17.7 Å². The minimum absolute atomic E-state index is 0.113. The summed E-state index contributed by atoms with van der Waals surface area (Å²) >= 11 is 1.50. The van der Waals surface area contributed by atoms with Gasteiger partial charge in [0.15, 0.2) is 5.16 Å². The molecular weight excluding hydrogens is 310 g/mol. The number of carbonyl (C=O) groups excluding carboxylic acids is 1. The highest BCUT2D eigenvalue weighted by Gasteiger charge is 2.21. The van der Waals surface area contributed by atoms with E-state index in [4.69, 9.17) is 5.11 Å². The van der Waals surface area contributed by atoms with Gasteiger partial charge in [-0.05, 0) is 30.2 Å². The van der Waals surface area contributed by atoms with Gasteiger partial charge in [-0.15, -0.1) is 0 Å². The van der Waals surface area contributed by atoms with Crippen LogP contribution in [0, 0.1) is 5.41 Å². The molecule has 0 fully saturated rings. The molecule has 0 aliphatic carbocycles. The maximum absolute atomic E-state index is 12.6. The highest BCUT2D eigenvalue weighted by atomic mass is 32.2. The molecular formula is C17H23N3O2S. The van der Waals surface area contributed by atoms with E-state index in [0.29, 0.717) is 18.7 Å². The van der Waals surface area contributed by atoms with Gasteiger partial charge in [-0.1, -0.05) is 43.8 Å². The summed E-state index contributed by atoms with van der Waals surface area (Å²) in [5, 5.41) is 12.8. The summed E-state index contributed by atoms with van der Waals surface area (Å²) < 4.78 is 1.86. The third-order valence-corrected chi connectivity index (χ3v) is 4.33. The number of aromatic nitrogens is 2. The number of nitrogens with zero attached hydrogens (tertiary/aromatic N) is 2. The van der Waals surface area contributed by atoms with E-state index in [0.717, 1.165) is 10.8 Å². The zero-order valence-corrected chi connectivity index (χ0v) is 14.6. The summed E-state index contributed by atoms with van der Waals surface area (Å²) in [5.74, 6) is -0.160. The van der Waals surface area contributed by atoms with Crippen LogP contribution in [-0.2, 0) is 0 Å². The van der Waals surface area contributed by atoms with Gasteiger partial charge < -0.3 is 10.4 Å². The molecule has 6 heteroatoms. The van der Waals surface area contributed by atoms with Crippen LogP contribution >= 0.6 is 11.8 Å². The Labute approximate surface area is 141 Å². The maximum atomic E-state index is 12.6. The zero-order chi connectivity index (χ0) is 16.9. The van der Waals surface area contributed by atoms with Crippen LogP contribution in [0.1, 0.15) is 30.8 Å². The topological polar surface area (TPSA) is 67.2 Å². The number of aliphatic hydroxyl groups excluding tert-OH is 1. The molecule has 124 valence electrons. The van der Waals surface area contributed by atoms with E-state index in [2.05, 4.69) is 10.3 Å². The molecule has 2 aromatic rings. The summed E-state index contributed by atoms with van der Waals surface area (Å²) in [5.41, 5.74) is 1.28. The van der Waals surface area contributed by atoms with Crippen molar-refractivity contribution in [3.63, 3.8) is 0 Å². The van der Waals surface area contributed by atoms with Gasteiger partial charge in [0.25, 0.3) is 5.91 Å². The van der Waals surface area contributed by atoms with Crippen molar-refractivity contribution < 1.29 is 9.90 Å². The summed E-state index contributed by atoms with van der Waals surface area (Å²) in [6.45, 7) is 4.65. The van der Waals surface area contributed by atoms with Crippen molar-refractivity contribution in [1.29, 1.82) is 0 Å². The van der Waals surface area contributed by atoms with Crippen LogP contribution in [0.5, 0.6) is 0 Å². The Kier molecular flexibility index (Phi) is 5.85. The molecule has 0 saturated heterocycles. The number of rotatable bonds is 7. The van der Waals surface area contributed by atoms with E-state index in [-0.39, 0.29) is 17.9 Å². The maximum Gasteiger partial charge on any atom is 0.269 e. The number of thioether (sulfide) groups is 1. The van der Waals surface area contributed by atoms with Gasteiger partial charge in [-0.25, -0.2) is 4.98 Å². The first-order valence-electron chi connectivity index (χ1n) is 7.55. The normalized spacial score (nSPS) is 11.5. The van der Waals surface area contributed by atoms with Gasteiger partial charge in [0.1, 0.15) is 5.69 Å². The third kappa shape index (κ3) is 4.36. The number of carbonyl (C=O) groups is 1. The molecule has 0 unspecified atom stereocenters. The second kappa shape index (κ2) is 7.66. The van der Waals surface area contributed by atoms with Crippen LogP contribution in [0.3, 0.4) is 0 Å². The number of benzene rings is 1. The van der Waals surface area contributed by atoms with Crippen molar-refractivity contribution in [3.05, 3.63) is 42.2 Å². The molecule has 23 heavy (non-hydrogen) atoms. The second-order valence-corrected chi connectivity index (χ2v) is 6.89. The van der Waals surface area contributed by atoms with E-state index in [1.165, 1.54) is 11.8 Å². The monoisotopic (exact) mass is 333 g/mol. The van der Waals surface area contributed by atoms with E-state index in [1.54, 1.807) is 6.20 Å².